The number of urea groups is 1. The van der Waals surface area contributed by atoms with Gasteiger partial charge in [-0.1, -0.05) is 12.1 Å². The van der Waals surface area contributed by atoms with Gasteiger partial charge in [-0.25, -0.2) is 9.78 Å². The Morgan fingerprint density at radius 2 is 2.22 bits per heavy atom. The molecular weight excluding hydrogens is 296 g/mol. The van der Waals surface area contributed by atoms with Gasteiger partial charge < -0.3 is 10.2 Å². The topological polar surface area (TPSA) is 101 Å². The van der Waals surface area contributed by atoms with Gasteiger partial charge in [0.25, 0.3) is 0 Å². The molecule has 2 atom stereocenters. The molecule has 1 saturated heterocycles. The molecule has 7 heteroatoms. The molecule has 7 nitrogen and oxygen atoms in total. The maximum Gasteiger partial charge on any atom is 0.318 e. The lowest BCUT2D eigenvalue weighted by molar-refractivity contribution is -0.125. The fourth-order valence-electron chi connectivity index (χ4n) is 3.02. The maximum atomic E-state index is 11.9. The van der Waals surface area contributed by atoms with Crippen LogP contribution in [0.25, 0.3) is 11.1 Å². The number of oxazole rings is 1. The summed E-state index contributed by atoms with van der Waals surface area (Å²) in [5.41, 5.74) is 6.63. The lowest BCUT2D eigenvalue weighted by Crippen LogP contribution is -2.50. The minimum Gasteiger partial charge on any atom is -0.440 e. The zero-order chi connectivity index (χ0) is 16.4. The molecule has 122 valence electrons. The first-order valence-electron chi connectivity index (χ1n) is 7.74. The van der Waals surface area contributed by atoms with Crippen LogP contribution in [-0.2, 0) is 4.79 Å². The summed E-state index contributed by atoms with van der Waals surface area (Å²) >= 11 is 0. The Kier molecular flexibility index (Phi) is 4.29. The van der Waals surface area contributed by atoms with Crippen molar-refractivity contribution in [2.24, 2.45) is 5.73 Å². The number of carbonyl (C=O) groups excluding carboxylic acids is 2. The highest BCUT2D eigenvalue weighted by Gasteiger charge is 2.30. The summed E-state index contributed by atoms with van der Waals surface area (Å²) in [5, 5.41) is 2.14. The normalized spacial score (nSPS) is 20.3. The summed E-state index contributed by atoms with van der Waals surface area (Å²) in [5.74, 6) is 0.467. The Morgan fingerprint density at radius 1 is 1.43 bits per heavy atom. The summed E-state index contributed by atoms with van der Waals surface area (Å²) < 4.78 is 5.85. The van der Waals surface area contributed by atoms with Crippen LogP contribution in [0.4, 0.5) is 4.79 Å². The minimum atomic E-state index is -0.825. The number of nitrogens with two attached hydrogens (primary N) is 1. The average molecular weight is 316 g/mol. The van der Waals surface area contributed by atoms with E-state index in [0.717, 1.165) is 30.5 Å². The summed E-state index contributed by atoms with van der Waals surface area (Å²) in [4.78, 5) is 29.4. The highest BCUT2D eigenvalue weighted by molar-refractivity contribution is 5.96. The molecule has 1 fully saturated rings. The van der Waals surface area contributed by atoms with E-state index in [2.05, 4.69) is 10.3 Å². The third kappa shape index (κ3) is 3.34. The SMILES string of the molecule is CC(C(=O)NC(N)=O)N1CCCC(c2nc3ccccc3o2)C1. The number of fused-ring (bicyclic) bond motifs is 1. The Labute approximate surface area is 133 Å². The van der Waals surface area contributed by atoms with Crippen LogP contribution in [0, 0.1) is 0 Å². The van der Waals surface area contributed by atoms with Gasteiger partial charge in [-0.05, 0) is 38.4 Å². The fraction of sp³-hybridized carbons (Fsp3) is 0.438. The van der Waals surface area contributed by atoms with Crippen LogP contribution >= 0.6 is 0 Å². The number of nitrogens with zero attached hydrogens (tertiary/aromatic N) is 2. The van der Waals surface area contributed by atoms with E-state index in [1.165, 1.54) is 0 Å². The number of rotatable bonds is 3. The van der Waals surface area contributed by atoms with Crippen molar-refractivity contribution < 1.29 is 14.0 Å². The third-order valence-electron chi connectivity index (χ3n) is 4.29. The molecule has 2 heterocycles. The van der Waals surface area contributed by atoms with Crippen LogP contribution in [0.3, 0.4) is 0 Å². The molecule has 0 radical (unpaired) electrons. The third-order valence-corrected chi connectivity index (χ3v) is 4.29. The number of carbonyl (C=O) groups is 2. The van der Waals surface area contributed by atoms with Gasteiger partial charge in [0.2, 0.25) is 5.91 Å². The molecule has 1 aromatic heterocycles. The highest BCUT2D eigenvalue weighted by atomic mass is 16.3. The standard InChI is InChI=1S/C16H20N4O3/c1-10(14(21)19-16(17)22)20-8-4-5-11(9-20)15-18-12-6-2-3-7-13(12)23-15/h2-3,6-7,10-11H,4-5,8-9H2,1H3,(H3,17,19,21,22). The number of hydrogen-bond donors (Lipinski definition) is 2. The first-order chi connectivity index (χ1) is 11.0. The maximum absolute atomic E-state index is 11.9. The number of para-hydroxylation sites is 2. The lowest BCUT2D eigenvalue weighted by Gasteiger charge is -2.34. The van der Waals surface area contributed by atoms with Crippen LogP contribution < -0.4 is 11.1 Å². The fourth-order valence-corrected chi connectivity index (χ4v) is 3.02. The zero-order valence-corrected chi connectivity index (χ0v) is 13.0. The number of benzene rings is 1. The monoisotopic (exact) mass is 316 g/mol. The summed E-state index contributed by atoms with van der Waals surface area (Å²) in [6.45, 7) is 3.23. The number of hydrogen-bond acceptors (Lipinski definition) is 5. The number of amides is 3. The van der Waals surface area contributed by atoms with Crippen molar-refractivity contribution in [3.8, 4) is 0 Å². The zero-order valence-electron chi connectivity index (χ0n) is 13.0. The molecule has 23 heavy (non-hydrogen) atoms. The first kappa shape index (κ1) is 15.5. The number of nitrogens with one attached hydrogen (secondary N) is 1. The highest BCUT2D eigenvalue weighted by Crippen LogP contribution is 2.29. The molecule has 3 rings (SSSR count). The number of imide groups is 1. The van der Waals surface area contributed by atoms with Crippen LogP contribution in [0.5, 0.6) is 0 Å². The molecule has 0 bridgehead atoms. The summed E-state index contributed by atoms with van der Waals surface area (Å²) in [6.07, 6.45) is 1.91. The van der Waals surface area contributed by atoms with Crippen LogP contribution in [0.1, 0.15) is 31.6 Å². The van der Waals surface area contributed by atoms with Crippen molar-refractivity contribution >= 4 is 23.0 Å². The molecule has 1 aliphatic rings. The van der Waals surface area contributed by atoms with Gasteiger partial charge in [0.15, 0.2) is 11.5 Å². The largest absolute Gasteiger partial charge is 0.440 e. The van der Waals surface area contributed by atoms with E-state index in [4.69, 9.17) is 10.2 Å². The van der Waals surface area contributed by atoms with E-state index >= 15 is 0 Å². The molecule has 0 spiro atoms. The van der Waals surface area contributed by atoms with E-state index in [0.29, 0.717) is 12.4 Å². The van der Waals surface area contributed by atoms with Crippen LogP contribution in [0.15, 0.2) is 28.7 Å². The Hall–Kier alpha value is -2.41. The molecule has 1 aromatic carbocycles. The summed E-state index contributed by atoms with van der Waals surface area (Å²) in [7, 11) is 0. The number of likely N-dealkylation sites (tertiary alicyclic amines) is 1. The van der Waals surface area contributed by atoms with Gasteiger partial charge >= 0.3 is 6.03 Å². The van der Waals surface area contributed by atoms with Gasteiger partial charge in [-0.15, -0.1) is 0 Å². The number of aromatic nitrogens is 1. The van der Waals surface area contributed by atoms with E-state index in [1.807, 2.05) is 29.2 Å². The van der Waals surface area contributed by atoms with Crippen molar-refractivity contribution in [2.45, 2.75) is 31.7 Å². The molecular formula is C16H20N4O3. The van der Waals surface area contributed by atoms with Crippen molar-refractivity contribution in [2.75, 3.05) is 13.1 Å². The lowest BCUT2D eigenvalue weighted by atomic mass is 9.96. The van der Waals surface area contributed by atoms with E-state index in [-0.39, 0.29) is 11.8 Å². The Balaban J connectivity index is 1.72. The van der Waals surface area contributed by atoms with Crippen molar-refractivity contribution in [1.82, 2.24) is 15.2 Å². The molecule has 2 unspecified atom stereocenters. The van der Waals surface area contributed by atoms with Gasteiger partial charge in [0.05, 0.1) is 6.04 Å². The van der Waals surface area contributed by atoms with Gasteiger partial charge in [0.1, 0.15) is 5.52 Å². The minimum absolute atomic E-state index is 0.139. The molecule has 3 amide bonds. The Bertz CT molecular complexity index is 694. The van der Waals surface area contributed by atoms with Crippen molar-refractivity contribution in [3.63, 3.8) is 0 Å². The second kappa shape index (κ2) is 6.37. The smallest absolute Gasteiger partial charge is 0.318 e. The van der Waals surface area contributed by atoms with Gasteiger partial charge in [0, 0.05) is 12.5 Å². The van der Waals surface area contributed by atoms with Crippen LogP contribution in [0.2, 0.25) is 0 Å². The molecule has 2 aromatic rings. The Morgan fingerprint density at radius 3 is 2.96 bits per heavy atom. The molecule has 3 N–H and O–H groups in total. The quantitative estimate of drug-likeness (QED) is 0.895. The average Bonchev–Trinajstić information content (AvgIpc) is 2.97. The predicted octanol–water partition coefficient (Wildman–Crippen LogP) is 1.59. The van der Waals surface area contributed by atoms with E-state index in [1.54, 1.807) is 6.92 Å². The van der Waals surface area contributed by atoms with E-state index in [9.17, 15) is 9.59 Å². The van der Waals surface area contributed by atoms with Gasteiger partial charge in [-0.2, -0.15) is 0 Å². The second-order valence-corrected chi connectivity index (χ2v) is 5.88. The first-order valence-corrected chi connectivity index (χ1v) is 7.74. The van der Waals surface area contributed by atoms with Crippen molar-refractivity contribution in [3.05, 3.63) is 30.2 Å². The second-order valence-electron chi connectivity index (χ2n) is 5.88. The number of primary amides is 1. The van der Waals surface area contributed by atoms with E-state index < -0.39 is 12.1 Å². The van der Waals surface area contributed by atoms with Crippen LogP contribution in [-0.4, -0.2) is 41.0 Å². The molecule has 1 aliphatic heterocycles. The number of piperidine rings is 1. The summed E-state index contributed by atoms with van der Waals surface area (Å²) in [6, 6.07) is 6.42. The molecule has 0 saturated carbocycles. The predicted molar refractivity (Wildman–Crippen MR) is 84.7 cm³/mol. The molecule has 0 aliphatic carbocycles. The van der Waals surface area contributed by atoms with Crippen molar-refractivity contribution in [1.29, 1.82) is 0 Å². The van der Waals surface area contributed by atoms with Gasteiger partial charge in [-0.3, -0.25) is 15.0 Å².